The summed E-state index contributed by atoms with van der Waals surface area (Å²) in [6.07, 6.45) is 1.63. The van der Waals surface area contributed by atoms with Crippen LogP contribution in [-0.2, 0) is 0 Å². The molecule has 0 spiro atoms. The van der Waals surface area contributed by atoms with Crippen molar-refractivity contribution in [2.75, 3.05) is 0 Å². The van der Waals surface area contributed by atoms with Gasteiger partial charge in [0.25, 0.3) is 0 Å². The van der Waals surface area contributed by atoms with Crippen molar-refractivity contribution < 1.29 is 9.59 Å². The van der Waals surface area contributed by atoms with Gasteiger partial charge in [-0.2, -0.15) is 0 Å². The Morgan fingerprint density at radius 1 is 0.824 bits per heavy atom. The van der Waals surface area contributed by atoms with E-state index in [0.29, 0.717) is 11.1 Å². The standard InChI is InChI=1S/C15H12O2/c1-11-6-7-13(10-17)15(8-11)14-5-3-2-4-12(14)9-16/h2-10H,1H3. The van der Waals surface area contributed by atoms with E-state index in [9.17, 15) is 9.59 Å². The lowest BCUT2D eigenvalue weighted by atomic mass is 9.95. The predicted octanol–water partition coefficient (Wildman–Crippen LogP) is 3.29. The van der Waals surface area contributed by atoms with E-state index < -0.39 is 0 Å². The summed E-state index contributed by atoms with van der Waals surface area (Å²) in [5, 5.41) is 0. The first-order valence-electron chi connectivity index (χ1n) is 5.36. The minimum atomic E-state index is 0.598. The summed E-state index contributed by atoms with van der Waals surface area (Å²) in [6, 6.07) is 12.9. The highest BCUT2D eigenvalue weighted by molar-refractivity contribution is 5.94. The van der Waals surface area contributed by atoms with Gasteiger partial charge in [-0.1, -0.05) is 48.0 Å². The summed E-state index contributed by atoms with van der Waals surface area (Å²) in [5.74, 6) is 0. The zero-order chi connectivity index (χ0) is 12.3. The van der Waals surface area contributed by atoms with Crippen LogP contribution in [0.3, 0.4) is 0 Å². The molecule has 0 fully saturated rings. The zero-order valence-corrected chi connectivity index (χ0v) is 9.51. The molecule has 0 radical (unpaired) electrons. The van der Waals surface area contributed by atoms with Gasteiger partial charge in [-0.25, -0.2) is 0 Å². The molecule has 2 aromatic carbocycles. The Morgan fingerprint density at radius 2 is 1.47 bits per heavy atom. The fourth-order valence-electron chi connectivity index (χ4n) is 1.85. The maximum Gasteiger partial charge on any atom is 0.150 e. The van der Waals surface area contributed by atoms with Crippen LogP contribution in [-0.4, -0.2) is 12.6 Å². The second kappa shape index (κ2) is 4.74. The van der Waals surface area contributed by atoms with Crippen LogP contribution >= 0.6 is 0 Å². The number of carbonyl (C=O) groups excluding carboxylic acids is 2. The van der Waals surface area contributed by atoms with Gasteiger partial charge in [-0.3, -0.25) is 9.59 Å². The average molecular weight is 224 g/mol. The highest BCUT2D eigenvalue weighted by Crippen LogP contribution is 2.26. The third kappa shape index (κ3) is 2.16. The van der Waals surface area contributed by atoms with E-state index in [-0.39, 0.29) is 0 Å². The van der Waals surface area contributed by atoms with Crippen molar-refractivity contribution in [3.8, 4) is 11.1 Å². The van der Waals surface area contributed by atoms with E-state index >= 15 is 0 Å². The number of carbonyl (C=O) groups is 2. The van der Waals surface area contributed by atoms with Gasteiger partial charge in [-0.05, 0) is 18.1 Å². The number of hydrogen-bond acceptors (Lipinski definition) is 2. The molecule has 17 heavy (non-hydrogen) atoms. The van der Waals surface area contributed by atoms with Gasteiger partial charge >= 0.3 is 0 Å². The first-order valence-corrected chi connectivity index (χ1v) is 5.36. The predicted molar refractivity (Wildman–Crippen MR) is 67.4 cm³/mol. The maximum absolute atomic E-state index is 11.0. The molecule has 0 unspecified atom stereocenters. The highest BCUT2D eigenvalue weighted by atomic mass is 16.1. The maximum atomic E-state index is 11.0. The first-order chi connectivity index (χ1) is 8.26. The summed E-state index contributed by atoms with van der Waals surface area (Å²) in [5.41, 5.74) is 3.87. The molecule has 2 aromatic rings. The van der Waals surface area contributed by atoms with Crippen molar-refractivity contribution in [1.29, 1.82) is 0 Å². The van der Waals surface area contributed by atoms with Gasteiger partial charge in [0.15, 0.2) is 12.6 Å². The Balaban J connectivity index is 2.70. The Bertz CT molecular complexity index is 571. The van der Waals surface area contributed by atoms with Crippen molar-refractivity contribution in [3.05, 3.63) is 59.2 Å². The van der Waals surface area contributed by atoms with Crippen LogP contribution in [0, 0.1) is 6.92 Å². The van der Waals surface area contributed by atoms with Crippen LogP contribution in [0.25, 0.3) is 11.1 Å². The van der Waals surface area contributed by atoms with E-state index in [1.165, 1.54) is 0 Å². The molecule has 0 amide bonds. The Hall–Kier alpha value is -2.22. The number of benzene rings is 2. The van der Waals surface area contributed by atoms with E-state index in [2.05, 4.69) is 0 Å². The molecule has 0 heterocycles. The lowest BCUT2D eigenvalue weighted by Gasteiger charge is -2.08. The van der Waals surface area contributed by atoms with Gasteiger partial charge < -0.3 is 0 Å². The zero-order valence-electron chi connectivity index (χ0n) is 9.51. The van der Waals surface area contributed by atoms with Gasteiger partial charge in [0.05, 0.1) is 0 Å². The average Bonchev–Trinajstić information content (AvgIpc) is 2.38. The molecule has 84 valence electrons. The van der Waals surface area contributed by atoms with Crippen LogP contribution in [0.15, 0.2) is 42.5 Å². The summed E-state index contributed by atoms with van der Waals surface area (Å²) >= 11 is 0. The van der Waals surface area contributed by atoms with Crippen LogP contribution in [0.2, 0.25) is 0 Å². The molecule has 0 aliphatic heterocycles. The van der Waals surface area contributed by atoms with E-state index in [0.717, 1.165) is 29.3 Å². The van der Waals surface area contributed by atoms with Crippen LogP contribution in [0.4, 0.5) is 0 Å². The fourth-order valence-corrected chi connectivity index (χ4v) is 1.85. The minimum Gasteiger partial charge on any atom is -0.298 e. The van der Waals surface area contributed by atoms with Crippen LogP contribution in [0.5, 0.6) is 0 Å². The largest absolute Gasteiger partial charge is 0.298 e. The lowest BCUT2D eigenvalue weighted by molar-refractivity contribution is 0.111. The highest BCUT2D eigenvalue weighted by Gasteiger charge is 2.08. The van der Waals surface area contributed by atoms with Crippen LogP contribution < -0.4 is 0 Å². The first kappa shape index (κ1) is 11.3. The molecule has 0 N–H and O–H groups in total. The van der Waals surface area contributed by atoms with E-state index in [1.807, 2.05) is 37.3 Å². The third-order valence-corrected chi connectivity index (χ3v) is 2.71. The van der Waals surface area contributed by atoms with Crippen LogP contribution in [0.1, 0.15) is 26.3 Å². The van der Waals surface area contributed by atoms with Crippen molar-refractivity contribution in [1.82, 2.24) is 0 Å². The molecule has 0 aliphatic carbocycles. The Labute approximate surface area is 99.9 Å². The lowest BCUT2D eigenvalue weighted by Crippen LogP contribution is -1.92. The second-order valence-corrected chi connectivity index (χ2v) is 3.91. The smallest absolute Gasteiger partial charge is 0.150 e. The topological polar surface area (TPSA) is 34.1 Å². The van der Waals surface area contributed by atoms with E-state index in [1.54, 1.807) is 12.1 Å². The second-order valence-electron chi connectivity index (χ2n) is 3.91. The molecule has 0 aromatic heterocycles. The molecule has 0 atom stereocenters. The molecule has 2 heteroatoms. The van der Waals surface area contributed by atoms with Crippen molar-refractivity contribution >= 4 is 12.6 Å². The quantitative estimate of drug-likeness (QED) is 0.750. The normalized spacial score (nSPS) is 9.94. The molecular formula is C15H12O2. The van der Waals surface area contributed by atoms with Gasteiger partial charge in [-0.15, -0.1) is 0 Å². The van der Waals surface area contributed by atoms with Crippen molar-refractivity contribution in [2.45, 2.75) is 6.92 Å². The number of hydrogen-bond donors (Lipinski definition) is 0. The number of aryl methyl sites for hydroxylation is 1. The Kier molecular flexibility index (Phi) is 3.15. The van der Waals surface area contributed by atoms with Crippen molar-refractivity contribution in [3.63, 3.8) is 0 Å². The number of rotatable bonds is 3. The molecule has 2 nitrogen and oxygen atoms in total. The fraction of sp³-hybridized carbons (Fsp3) is 0.0667. The molecule has 0 saturated heterocycles. The van der Waals surface area contributed by atoms with Gasteiger partial charge in [0.2, 0.25) is 0 Å². The summed E-state index contributed by atoms with van der Waals surface area (Å²) in [6.45, 7) is 1.96. The van der Waals surface area contributed by atoms with E-state index in [4.69, 9.17) is 0 Å². The number of aldehydes is 2. The van der Waals surface area contributed by atoms with Crippen molar-refractivity contribution in [2.24, 2.45) is 0 Å². The summed E-state index contributed by atoms with van der Waals surface area (Å²) in [4.78, 5) is 22.0. The molecule has 0 saturated carbocycles. The Morgan fingerprint density at radius 3 is 2.18 bits per heavy atom. The molecule has 2 rings (SSSR count). The molecule has 0 bridgehead atoms. The monoisotopic (exact) mass is 224 g/mol. The molecule has 0 aliphatic rings. The van der Waals surface area contributed by atoms with Gasteiger partial charge in [0, 0.05) is 11.1 Å². The summed E-state index contributed by atoms with van der Waals surface area (Å²) in [7, 11) is 0. The molecular weight excluding hydrogens is 212 g/mol. The van der Waals surface area contributed by atoms with Gasteiger partial charge in [0.1, 0.15) is 0 Å². The third-order valence-electron chi connectivity index (χ3n) is 2.71. The SMILES string of the molecule is Cc1ccc(C=O)c(-c2ccccc2C=O)c1. The minimum absolute atomic E-state index is 0.598. The summed E-state index contributed by atoms with van der Waals surface area (Å²) < 4.78 is 0.